The smallest absolute Gasteiger partial charge is 0.254 e. The van der Waals surface area contributed by atoms with Crippen LogP contribution >= 0.6 is 0 Å². The predicted molar refractivity (Wildman–Crippen MR) is 73.2 cm³/mol. The van der Waals surface area contributed by atoms with Crippen molar-refractivity contribution in [3.63, 3.8) is 0 Å². The highest BCUT2D eigenvalue weighted by Gasteiger charge is 2.23. The van der Waals surface area contributed by atoms with Crippen molar-refractivity contribution in [2.45, 2.75) is 32.6 Å². The van der Waals surface area contributed by atoms with E-state index in [9.17, 15) is 0 Å². The first-order valence-electron chi connectivity index (χ1n) is 6.93. The normalized spacial score (nSPS) is 19.3. The van der Waals surface area contributed by atoms with Gasteiger partial charge >= 0.3 is 0 Å². The summed E-state index contributed by atoms with van der Waals surface area (Å²) in [5.41, 5.74) is 4.43. The number of rotatable bonds is 1. The molecule has 2 fully saturated rings. The van der Waals surface area contributed by atoms with E-state index in [0.29, 0.717) is 5.78 Å². The van der Waals surface area contributed by atoms with E-state index in [1.165, 1.54) is 25.7 Å². The molecule has 1 aliphatic heterocycles. The van der Waals surface area contributed by atoms with Gasteiger partial charge in [0.25, 0.3) is 5.78 Å². The van der Waals surface area contributed by atoms with Crippen LogP contribution in [0, 0.1) is 6.92 Å². The third-order valence-corrected chi connectivity index (χ3v) is 4.05. The minimum atomic E-state index is 0.696. The molecule has 0 aromatic carbocycles. The Morgan fingerprint density at radius 3 is 2.53 bits per heavy atom. The largest absolute Gasteiger partial charge is 0.356 e. The van der Waals surface area contributed by atoms with Gasteiger partial charge in [-0.1, -0.05) is 11.1 Å². The highest BCUT2D eigenvalue weighted by Crippen LogP contribution is 2.36. The van der Waals surface area contributed by atoms with Crippen molar-refractivity contribution in [1.82, 2.24) is 19.6 Å². The first-order valence-corrected chi connectivity index (χ1v) is 6.93. The van der Waals surface area contributed by atoms with Crippen LogP contribution in [0.3, 0.4) is 0 Å². The van der Waals surface area contributed by atoms with Crippen LogP contribution in [0.4, 0.5) is 5.82 Å². The van der Waals surface area contributed by atoms with E-state index in [1.807, 2.05) is 11.4 Å². The van der Waals surface area contributed by atoms with Crippen LogP contribution in [0.15, 0.2) is 23.5 Å². The number of hydrogen-bond donors (Lipinski definition) is 0. The second-order valence-corrected chi connectivity index (χ2v) is 5.42. The number of allylic oxidation sites excluding steroid dienone is 1. The third-order valence-electron chi connectivity index (χ3n) is 4.05. The van der Waals surface area contributed by atoms with Gasteiger partial charge in [0.15, 0.2) is 0 Å². The number of aryl methyl sites for hydroxylation is 1. The maximum Gasteiger partial charge on any atom is 0.254 e. The third kappa shape index (κ3) is 1.89. The van der Waals surface area contributed by atoms with E-state index in [0.717, 1.165) is 24.6 Å². The molecule has 0 radical (unpaired) electrons. The Bertz CT molecular complexity index is 654. The number of anilines is 1. The molecule has 5 nitrogen and oxygen atoms in total. The Kier molecular flexibility index (Phi) is 2.33. The van der Waals surface area contributed by atoms with Gasteiger partial charge in [-0.3, -0.25) is 0 Å². The molecule has 1 saturated carbocycles. The number of piperidine rings is 1. The molecule has 0 bridgehead atoms. The molecule has 3 heterocycles. The van der Waals surface area contributed by atoms with E-state index in [4.69, 9.17) is 0 Å². The maximum atomic E-state index is 4.40. The Balaban J connectivity index is 1.67. The Morgan fingerprint density at radius 2 is 1.79 bits per heavy atom. The molecule has 5 heteroatoms. The maximum absolute atomic E-state index is 4.40. The van der Waals surface area contributed by atoms with Gasteiger partial charge in [-0.05, 0) is 32.6 Å². The standard InChI is InChI=1S/C14H17N5/c1-10-8-13(19-14(17-10)15-9-16-19)18-6-4-12(5-7-18)11-2-3-11/h8-9H,2-7H2,1H3. The summed E-state index contributed by atoms with van der Waals surface area (Å²) in [7, 11) is 0. The van der Waals surface area contributed by atoms with Gasteiger partial charge in [0, 0.05) is 24.8 Å². The number of fused-ring (bicyclic) bond motifs is 1. The Morgan fingerprint density at radius 1 is 1.05 bits per heavy atom. The van der Waals surface area contributed by atoms with Crippen LogP contribution in [0.5, 0.6) is 0 Å². The SMILES string of the molecule is Cc1cc(N2CCC(=C3CC3)CC2)n2ncnc2n1. The molecule has 98 valence electrons. The zero-order chi connectivity index (χ0) is 12.8. The van der Waals surface area contributed by atoms with Crippen molar-refractivity contribution in [2.24, 2.45) is 0 Å². The Hall–Kier alpha value is -1.91. The molecular weight excluding hydrogens is 238 g/mol. The lowest BCUT2D eigenvalue weighted by Gasteiger charge is -2.30. The predicted octanol–water partition coefficient (Wildman–Crippen LogP) is 2.12. The fourth-order valence-corrected chi connectivity index (χ4v) is 2.91. The molecular formula is C14H17N5. The summed E-state index contributed by atoms with van der Waals surface area (Å²) in [5.74, 6) is 1.82. The average molecular weight is 255 g/mol. The lowest BCUT2D eigenvalue weighted by Crippen LogP contribution is -2.32. The van der Waals surface area contributed by atoms with Crippen molar-refractivity contribution in [3.05, 3.63) is 29.2 Å². The van der Waals surface area contributed by atoms with Crippen LogP contribution in [-0.2, 0) is 0 Å². The van der Waals surface area contributed by atoms with Crippen molar-refractivity contribution in [2.75, 3.05) is 18.0 Å². The van der Waals surface area contributed by atoms with E-state index in [1.54, 1.807) is 17.5 Å². The van der Waals surface area contributed by atoms with Gasteiger partial charge in [0.05, 0.1) is 0 Å². The van der Waals surface area contributed by atoms with E-state index in [-0.39, 0.29) is 0 Å². The summed E-state index contributed by atoms with van der Waals surface area (Å²) in [5, 5.41) is 4.29. The molecule has 2 aromatic heterocycles. The van der Waals surface area contributed by atoms with Crippen LogP contribution in [-0.4, -0.2) is 32.7 Å². The molecule has 2 aliphatic rings. The van der Waals surface area contributed by atoms with Crippen molar-refractivity contribution >= 4 is 11.6 Å². The highest BCUT2D eigenvalue weighted by molar-refractivity contribution is 5.48. The van der Waals surface area contributed by atoms with Crippen LogP contribution in [0.1, 0.15) is 31.4 Å². The van der Waals surface area contributed by atoms with Gasteiger partial charge in [-0.2, -0.15) is 14.6 Å². The fraction of sp³-hybridized carbons (Fsp3) is 0.500. The lowest BCUT2D eigenvalue weighted by atomic mass is 10.0. The second-order valence-electron chi connectivity index (χ2n) is 5.42. The topological polar surface area (TPSA) is 46.3 Å². The first-order chi connectivity index (χ1) is 9.31. The van der Waals surface area contributed by atoms with Crippen LogP contribution in [0.25, 0.3) is 5.78 Å². The molecule has 0 spiro atoms. The van der Waals surface area contributed by atoms with Crippen LogP contribution < -0.4 is 4.90 Å². The first kappa shape index (κ1) is 11.0. The summed E-state index contributed by atoms with van der Waals surface area (Å²) in [6.45, 7) is 4.17. The highest BCUT2D eigenvalue weighted by atomic mass is 15.4. The fourth-order valence-electron chi connectivity index (χ4n) is 2.91. The molecule has 1 aliphatic carbocycles. The zero-order valence-corrected chi connectivity index (χ0v) is 11.1. The van der Waals surface area contributed by atoms with Gasteiger partial charge in [0.1, 0.15) is 12.1 Å². The van der Waals surface area contributed by atoms with Gasteiger partial charge in [-0.25, -0.2) is 4.98 Å². The molecule has 4 rings (SSSR count). The summed E-state index contributed by atoms with van der Waals surface area (Å²) in [6.07, 6.45) is 6.67. The number of aromatic nitrogens is 4. The van der Waals surface area contributed by atoms with Gasteiger partial charge < -0.3 is 4.90 Å². The lowest BCUT2D eigenvalue weighted by molar-refractivity contribution is 0.662. The minimum absolute atomic E-state index is 0.696. The second kappa shape index (κ2) is 4.05. The molecule has 1 saturated heterocycles. The minimum Gasteiger partial charge on any atom is -0.356 e. The molecule has 0 unspecified atom stereocenters. The molecule has 0 amide bonds. The van der Waals surface area contributed by atoms with E-state index < -0.39 is 0 Å². The number of nitrogens with zero attached hydrogens (tertiary/aromatic N) is 5. The molecule has 2 aromatic rings. The summed E-state index contributed by atoms with van der Waals surface area (Å²) in [6, 6.07) is 2.11. The number of hydrogen-bond acceptors (Lipinski definition) is 4. The summed E-state index contributed by atoms with van der Waals surface area (Å²) < 4.78 is 1.85. The van der Waals surface area contributed by atoms with Crippen molar-refractivity contribution < 1.29 is 0 Å². The summed E-state index contributed by atoms with van der Waals surface area (Å²) in [4.78, 5) is 11.0. The van der Waals surface area contributed by atoms with Crippen molar-refractivity contribution in [1.29, 1.82) is 0 Å². The molecule has 0 N–H and O–H groups in total. The van der Waals surface area contributed by atoms with Gasteiger partial charge in [0.2, 0.25) is 0 Å². The quantitative estimate of drug-likeness (QED) is 0.732. The summed E-state index contributed by atoms with van der Waals surface area (Å²) >= 11 is 0. The Labute approximate surface area is 112 Å². The van der Waals surface area contributed by atoms with Crippen molar-refractivity contribution in [3.8, 4) is 0 Å². The average Bonchev–Trinajstić information content (AvgIpc) is 3.17. The van der Waals surface area contributed by atoms with Gasteiger partial charge in [-0.15, -0.1) is 0 Å². The van der Waals surface area contributed by atoms with E-state index >= 15 is 0 Å². The molecule has 0 atom stereocenters. The monoisotopic (exact) mass is 255 g/mol. The van der Waals surface area contributed by atoms with Crippen LogP contribution in [0.2, 0.25) is 0 Å². The van der Waals surface area contributed by atoms with E-state index in [2.05, 4.69) is 26.0 Å². The zero-order valence-electron chi connectivity index (χ0n) is 11.1. The molecule has 19 heavy (non-hydrogen) atoms.